The predicted molar refractivity (Wildman–Crippen MR) is 72.8 cm³/mol. The summed E-state index contributed by atoms with van der Waals surface area (Å²) in [6.45, 7) is 3.06. The van der Waals surface area contributed by atoms with Crippen LogP contribution in [0.25, 0.3) is 0 Å². The van der Waals surface area contributed by atoms with Crippen molar-refractivity contribution >= 4 is 0 Å². The Morgan fingerprint density at radius 1 is 1.40 bits per heavy atom. The molecule has 0 aromatic carbocycles. The molecular weight excluding hydrogens is 256 g/mol. The fraction of sp³-hybridized carbons (Fsp3) is 0.357. The van der Waals surface area contributed by atoms with Crippen LogP contribution in [0.1, 0.15) is 24.7 Å². The maximum atomic E-state index is 8.66. The Balaban J connectivity index is 2.01. The van der Waals surface area contributed by atoms with E-state index in [1.165, 1.54) is 6.33 Å². The first-order valence-electron chi connectivity index (χ1n) is 6.37. The monoisotopic (exact) mass is 272 g/mol. The van der Waals surface area contributed by atoms with Gasteiger partial charge in [-0.05, 0) is 12.5 Å². The highest BCUT2D eigenvalue weighted by Gasteiger charge is 2.04. The molecule has 0 radical (unpaired) electrons. The average Bonchev–Trinajstić information content (AvgIpc) is 2.91. The molecule has 1 N–H and O–H groups in total. The molecule has 0 atom stereocenters. The Hall–Kier alpha value is -2.39. The summed E-state index contributed by atoms with van der Waals surface area (Å²) >= 11 is 0. The molecule has 0 aliphatic carbocycles. The van der Waals surface area contributed by atoms with Crippen LogP contribution in [0.3, 0.4) is 0 Å². The maximum Gasteiger partial charge on any atom is 0.164 e. The lowest BCUT2D eigenvalue weighted by Crippen LogP contribution is -2.08. The zero-order chi connectivity index (χ0) is 14.2. The molecule has 0 spiro atoms. The number of nitrogens with zero attached hydrogens (tertiary/aromatic N) is 4. The summed E-state index contributed by atoms with van der Waals surface area (Å²) in [4.78, 5) is 8.21. The molecule has 0 amide bonds. The van der Waals surface area contributed by atoms with E-state index in [9.17, 15) is 0 Å². The number of hydrogen-bond acceptors (Lipinski definition) is 5. The summed E-state index contributed by atoms with van der Waals surface area (Å²) in [6, 6.07) is 1.77. The third-order valence-corrected chi connectivity index (χ3v) is 2.52. The number of aliphatic hydroxyl groups is 1. The van der Waals surface area contributed by atoms with Gasteiger partial charge in [0, 0.05) is 18.3 Å². The zero-order valence-corrected chi connectivity index (χ0v) is 11.3. The van der Waals surface area contributed by atoms with Crippen LogP contribution >= 0.6 is 0 Å². The van der Waals surface area contributed by atoms with Crippen LogP contribution in [0.2, 0.25) is 0 Å². The SMILES string of the molecule is CCCn1ncnc1COc1cncc(C#CCO)c1. The van der Waals surface area contributed by atoms with Crippen LogP contribution in [0, 0.1) is 11.8 Å². The second-order valence-electron chi connectivity index (χ2n) is 4.06. The molecular formula is C14H16N4O2. The highest BCUT2D eigenvalue weighted by atomic mass is 16.5. The Kier molecular flexibility index (Phi) is 5.09. The highest BCUT2D eigenvalue weighted by Crippen LogP contribution is 2.12. The lowest BCUT2D eigenvalue weighted by molar-refractivity contribution is 0.285. The van der Waals surface area contributed by atoms with E-state index in [2.05, 4.69) is 33.8 Å². The molecule has 0 aliphatic rings. The second kappa shape index (κ2) is 7.26. The van der Waals surface area contributed by atoms with Gasteiger partial charge >= 0.3 is 0 Å². The molecule has 2 heterocycles. The van der Waals surface area contributed by atoms with E-state index in [4.69, 9.17) is 9.84 Å². The maximum absolute atomic E-state index is 8.66. The van der Waals surface area contributed by atoms with E-state index in [0.717, 1.165) is 18.8 Å². The van der Waals surface area contributed by atoms with Crippen LogP contribution < -0.4 is 4.74 Å². The average molecular weight is 272 g/mol. The van der Waals surface area contributed by atoms with E-state index < -0.39 is 0 Å². The van der Waals surface area contributed by atoms with Crippen molar-refractivity contribution in [1.29, 1.82) is 0 Å². The molecule has 6 heteroatoms. The molecule has 0 saturated heterocycles. The van der Waals surface area contributed by atoms with Crippen molar-refractivity contribution in [3.05, 3.63) is 36.2 Å². The van der Waals surface area contributed by atoms with Crippen molar-refractivity contribution in [3.63, 3.8) is 0 Å². The fourth-order valence-corrected chi connectivity index (χ4v) is 1.65. The lowest BCUT2D eigenvalue weighted by atomic mass is 10.3. The minimum absolute atomic E-state index is 0.175. The van der Waals surface area contributed by atoms with Gasteiger partial charge in [-0.3, -0.25) is 4.98 Å². The van der Waals surface area contributed by atoms with Gasteiger partial charge in [-0.1, -0.05) is 18.8 Å². The first-order chi connectivity index (χ1) is 9.83. The molecule has 2 aromatic heterocycles. The zero-order valence-electron chi connectivity index (χ0n) is 11.3. The molecule has 0 fully saturated rings. The molecule has 2 rings (SSSR count). The Morgan fingerprint density at radius 2 is 2.30 bits per heavy atom. The van der Waals surface area contributed by atoms with Crippen molar-refractivity contribution in [2.24, 2.45) is 0 Å². The Labute approximate surface area is 117 Å². The van der Waals surface area contributed by atoms with Crippen LogP contribution in [0.5, 0.6) is 5.75 Å². The molecule has 6 nitrogen and oxygen atoms in total. The minimum atomic E-state index is -0.175. The molecule has 0 unspecified atom stereocenters. The fourth-order valence-electron chi connectivity index (χ4n) is 1.65. The van der Waals surface area contributed by atoms with E-state index in [-0.39, 0.29) is 6.61 Å². The Bertz CT molecular complexity index is 613. The van der Waals surface area contributed by atoms with Gasteiger partial charge in [0.25, 0.3) is 0 Å². The van der Waals surface area contributed by atoms with Crippen LogP contribution in [0.15, 0.2) is 24.8 Å². The smallest absolute Gasteiger partial charge is 0.164 e. The molecule has 0 saturated carbocycles. The van der Waals surface area contributed by atoms with Gasteiger partial charge in [-0.15, -0.1) is 0 Å². The first-order valence-corrected chi connectivity index (χ1v) is 6.37. The number of ether oxygens (including phenoxy) is 1. The second-order valence-corrected chi connectivity index (χ2v) is 4.06. The molecule has 0 aliphatic heterocycles. The third kappa shape index (κ3) is 3.80. The van der Waals surface area contributed by atoms with Gasteiger partial charge < -0.3 is 9.84 Å². The quantitative estimate of drug-likeness (QED) is 0.822. The van der Waals surface area contributed by atoms with Crippen molar-refractivity contribution in [2.75, 3.05) is 6.61 Å². The van der Waals surface area contributed by atoms with Crippen molar-refractivity contribution in [2.45, 2.75) is 26.5 Å². The van der Waals surface area contributed by atoms with E-state index in [0.29, 0.717) is 17.9 Å². The van der Waals surface area contributed by atoms with Gasteiger partial charge in [-0.25, -0.2) is 9.67 Å². The van der Waals surface area contributed by atoms with E-state index in [1.54, 1.807) is 18.5 Å². The van der Waals surface area contributed by atoms with Gasteiger partial charge in [0.15, 0.2) is 5.82 Å². The number of aromatic nitrogens is 4. The molecule has 0 bridgehead atoms. The van der Waals surface area contributed by atoms with Crippen LogP contribution in [-0.4, -0.2) is 31.5 Å². The number of rotatable bonds is 5. The van der Waals surface area contributed by atoms with Gasteiger partial charge in [0.1, 0.15) is 25.3 Å². The summed E-state index contributed by atoms with van der Waals surface area (Å²) in [5, 5.41) is 12.8. The highest BCUT2D eigenvalue weighted by molar-refractivity contribution is 5.36. The molecule has 2 aromatic rings. The van der Waals surface area contributed by atoms with Crippen molar-refractivity contribution in [1.82, 2.24) is 19.7 Å². The van der Waals surface area contributed by atoms with Crippen molar-refractivity contribution in [3.8, 4) is 17.6 Å². The molecule has 104 valence electrons. The van der Waals surface area contributed by atoms with E-state index in [1.807, 2.05) is 4.68 Å². The lowest BCUT2D eigenvalue weighted by Gasteiger charge is -2.07. The largest absolute Gasteiger partial charge is 0.484 e. The number of pyridine rings is 1. The van der Waals surface area contributed by atoms with Gasteiger partial charge in [0.05, 0.1) is 6.20 Å². The number of aryl methyl sites for hydroxylation is 1. The summed E-state index contributed by atoms with van der Waals surface area (Å²) in [6.07, 6.45) is 5.75. The number of hydrogen-bond donors (Lipinski definition) is 1. The van der Waals surface area contributed by atoms with Gasteiger partial charge in [0.2, 0.25) is 0 Å². The summed E-state index contributed by atoms with van der Waals surface area (Å²) in [5.41, 5.74) is 0.701. The first kappa shape index (κ1) is 14.0. The molecule has 20 heavy (non-hydrogen) atoms. The Morgan fingerprint density at radius 3 is 3.10 bits per heavy atom. The third-order valence-electron chi connectivity index (χ3n) is 2.52. The topological polar surface area (TPSA) is 73.1 Å². The van der Waals surface area contributed by atoms with Crippen LogP contribution in [0.4, 0.5) is 0 Å². The predicted octanol–water partition coefficient (Wildman–Crippen LogP) is 1.01. The van der Waals surface area contributed by atoms with Gasteiger partial charge in [-0.2, -0.15) is 5.10 Å². The summed E-state index contributed by atoms with van der Waals surface area (Å²) in [5.74, 6) is 6.74. The van der Waals surface area contributed by atoms with Crippen molar-refractivity contribution < 1.29 is 9.84 Å². The van der Waals surface area contributed by atoms with Crippen LogP contribution in [-0.2, 0) is 13.2 Å². The minimum Gasteiger partial charge on any atom is -0.484 e. The number of aliphatic hydroxyl groups excluding tert-OH is 1. The van der Waals surface area contributed by atoms with E-state index >= 15 is 0 Å². The summed E-state index contributed by atoms with van der Waals surface area (Å²) < 4.78 is 7.46. The standard InChI is InChI=1S/C14H16N4O2/c1-2-5-18-14(16-11-17-18)10-20-13-7-12(4-3-6-19)8-15-9-13/h7-9,11,19H,2,5-6,10H2,1H3. The normalized spacial score (nSPS) is 9.90. The summed E-state index contributed by atoms with van der Waals surface area (Å²) in [7, 11) is 0.